The number of pyridine rings is 1. The molecule has 1 atom stereocenters. The Hall–Kier alpha value is -2.63. The average molecular weight is 342 g/mol. The van der Waals surface area contributed by atoms with Gasteiger partial charge in [0.05, 0.1) is 17.9 Å². The van der Waals surface area contributed by atoms with Gasteiger partial charge in [-0.1, -0.05) is 19.1 Å². The second kappa shape index (κ2) is 7.96. The molecule has 2 amide bonds. The first-order chi connectivity index (χ1) is 12.2. The largest absolute Gasteiger partial charge is 0.367 e. The van der Waals surface area contributed by atoms with Crippen LogP contribution < -0.4 is 10.2 Å². The van der Waals surface area contributed by atoms with E-state index in [1.165, 1.54) is 12.1 Å². The third-order valence-corrected chi connectivity index (χ3v) is 4.56. The number of hydrogen-bond donors (Lipinski definition) is 1. The Morgan fingerprint density at radius 2 is 1.92 bits per heavy atom. The van der Waals surface area contributed by atoms with Crippen LogP contribution in [0.5, 0.6) is 0 Å². The minimum atomic E-state index is -0.267. The number of amides is 2. The van der Waals surface area contributed by atoms with E-state index < -0.39 is 0 Å². The van der Waals surface area contributed by atoms with E-state index in [0.717, 1.165) is 30.8 Å². The molecule has 0 radical (unpaired) electrons. The minimum absolute atomic E-state index is 0.0676. The zero-order chi connectivity index (χ0) is 17.6. The smallest absolute Gasteiger partial charge is 0.318 e. The maximum Gasteiger partial charge on any atom is 0.318 e. The molecule has 1 saturated heterocycles. The topological polar surface area (TPSA) is 48.5 Å². The van der Waals surface area contributed by atoms with Crippen molar-refractivity contribution in [3.8, 4) is 0 Å². The SMILES string of the molecule is CC[C@H](NC(=O)N1CCN(c2cccnc2)CC1)c1ccc(F)cc1. The summed E-state index contributed by atoms with van der Waals surface area (Å²) in [5.41, 5.74) is 2.01. The zero-order valence-electron chi connectivity index (χ0n) is 14.4. The van der Waals surface area contributed by atoms with Crippen LogP contribution in [0.25, 0.3) is 0 Å². The number of anilines is 1. The molecule has 0 saturated carbocycles. The number of nitrogens with zero attached hydrogens (tertiary/aromatic N) is 3. The molecule has 0 unspecified atom stereocenters. The summed E-state index contributed by atoms with van der Waals surface area (Å²) in [6, 6.07) is 10.1. The lowest BCUT2D eigenvalue weighted by Crippen LogP contribution is -2.52. The number of aromatic nitrogens is 1. The van der Waals surface area contributed by atoms with E-state index in [0.29, 0.717) is 13.1 Å². The molecule has 0 bridgehead atoms. The number of rotatable bonds is 4. The molecule has 1 aromatic carbocycles. The van der Waals surface area contributed by atoms with Gasteiger partial charge in [-0.2, -0.15) is 0 Å². The van der Waals surface area contributed by atoms with E-state index in [4.69, 9.17) is 0 Å². The third kappa shape index (κ3) is 4.26. The minimum Gasteiger partial charge on any atom is -0.367 e. The summed E-state index contributed by atoms with van der Waals surface area (Å²) >= 11 is 0. The number of halogens is 1. The Morgan fingerprint density at radius 3 is 2.52 bits per heavy atom. The second-order valence-electron chi connectivity index (χ2n) is 6.15. The van der Waals surface area contributed by atoms with Crippen LogP contribution in [0.15, 0.2) is 48.8 Å². The molecule has 2 aromatic rings. The van der Waals surface area contributed by atoms with Crippen LogP contribution in [0.2, 0.25) is 0 Å². The predicted octanol–water partition coefficient (Wildman–Crippen LogP) is 3.20. The zero-order valence-corrected chi connectivity index (χ0v) is 14.4. The summed E-state index contributed by atoms with van der Waals surface area (Å²) < 4.78 is 13.1. The van der Waals surface area contributed by atoms with Gasteiger partial charge in [0.15, 0.2) is 0 Å². The van der Waals surface area contributed by atoms with E-state index >= 15 is 0 Å². The van der Waals surface area contributed by atoms with Crippen molar-refractivity contribution < 1.29 is 9.18 Å². The van der Waals surface area contributed by atoms with E-state index in [1.54, 1.807) is 18.3 Å². The van der Waals surface area contributed by atoms with E-state index in [1.807, 2.05) is 30.2 Å². The fourth-order valence-electron chi connectivity index (χ4n) is 3.07. The molecule has 1 fully saturated rings. The molecule has 1 aromatic heterocycles. The quantitative estimate of drug-likeness (QED) is 0.928. The van der Waals surface area contributed by atoms with Gasteiger partial charge in [-0.25, -0.2) is 9.18 Å². The number of carbonyl (C=O) groups excluding carboxylic acids is 1. The number of benzene rings is 1. The molecular formula is C19H23FN4O. The van der Waals surface area contributed by atoms with Gasteiger partial charge in [0.2, 0.25) is 0 Å². The Kier molecular flexibility index (Phi) is 5.48. The summed E-state index contributed by atoms with van der Waals surface area (Å²) in [7, 11) is 0. The van der Waals surface area contributed by atoms with Gasteiger partial charge in [-0.15, -0.1) is 0 Å². The predicted molar refractivity (Wildman–Crippen MR) is 96.0 cm³/mol. The van der Waals surface area contributed by atoms with Gasteiger partial charge >= 0.3 is 6.03 Å². The van der Waals surface area contributed by atoms with Gasteiger partial charge in [0, 0.05) is 32.4 Å². The molecule has 1 N–H and O–H groups in total. The lowest BCUT2D eigenvalue weighted by Gasteiger charge is -2.36. The first-order valence-electron chi connectivity index (χ1n) is 8.63. The average Bonchev–Trinajstić information content (AvgIpc) is 2.67. The van der Waals surface area contributed by atoms with Crippen LogP contribution in [0, 0.1) is 5.82 Å². The number of hydrogen-bond acceptors (Lipinski definition) is 3. The van der Waals surface area contributed by atoms with Crippen LogP contribution in [-0.2, 0) is 0 Å². The van der Waals surface area contributed by atoms with Gasteiger partial charge in [-0.3, -0.25) is 4.98 Å². The van der Waals surface area contributed by atoms with Crippen LogP contribution in [0.1, 0.15) is 24.9 Å². The lowest BCUT2D eigenvalue weighted by atomic mass is 10.0. The summed E-state index contributed by atoms with van der Waals surface area (Å²) in [5.74, 6) is -0.267. The van der Waals surface area contributed by atoms with Gasteiger partial charge in [-0.05, 0) is 36.2 Å². The van der Waals surface area contributed by atoms with Crippen molar-refractivity contribution in [3.63, 3.8) is 0 Å². The van der Waals surface area contributed by atoms with Crippen LogP contribution in [0.3, 0.4) is 0 Å². The first-order valence-corrected chi connectivity index (χ1v) is 8.63. The highest BCUT2D eigenvalue weighted by atomic mass is 19.1. The van der Waals surface area contributed by atoms with Gasteiger partial charge < -0.3 is 15.1 Å². The standard InChI is InChI=1S/C19H23FN4O/c1-2-18(15-5-7-16(20)8-6-15)22-19(25)24-12-10-23(11-13-24)17-4-3-9-21-14-17/h3-9,14,18H,2,10-13H2,1H3,(H,22,25)/t18-/m0/s1. The molecule has 6 heteroatoms. The van der Waals surface area contributed by atoms with E-state index in [-0.39, 0.29) is 17.9 Å². The number of piperazine rings is 1. The third-order valence-electron chi connectivity index (χ3n) is 4.56. The van der Waals surface area contributed by atoms with Crippen molar-refractivity contribution in [2.75, 3.05) is 31.1 Å². The number of urea groups is 1. The van der Waals surface area contributed by atoms with Crippen molar-refractivity contribution >= 4 is 11.7 Å². The summed E-state index contributed by atoms with van der Waals surface area (Å²) in [4.78, 5) is 20.8. The molecule has 5 nitrogen and oxygen atoms in total. The Balaban J connectivity index is 1.56. The van der Waals surface area contributed by atoms with Crippen LogP contribution >= 0.6 is 0 Å². The molecule has 0 spiro atoms. The highest BCUT2D eigenvalue weighted by molar-refractivity contribution is 5.75. The van der Waals surface area contributed by atoms with Gasteiger partial charge in [0.1, 0.15) is 5.82 Å². The van der Waals surface area contributed by atoms with Crippen molar-refractivity contribution in [1.82, 2.24) is 15.2 Å². The monoisotopic (exact) mass is 342 g/mol. The molecule has 132 valence electrons. The molecule has 1 aliphatic heterocycles. The fraction of sp³-hybridized carbons (Fsp3) is 0.368. The summed E-state index contributed by atoms with van der Waals surface area (Å²) in [6.45, 7) is 4.91. The highest BCUT2D eigenvalue weighted by Gasteiger charge is 2.23. The Bertz CT molecular complexity index is 684. The second-order valence-corrected chi connectivity index (χ2v) is 6.15. The molecule has 0 aliphatic carbocycles. The molecule has 3 rings (SSSR count). The lowest BCUT2D eigenvalue weighted by molar-refractivity contribution is 0.190. The molecular weight excluding hydrogens is 319 g/mol. The van der Waals surface area contributed by atoms with E-state index in [9.17, 15) is 9.18 Å². The van der Waals surface area contributed by atoms with Crippen molar-refractivity contribution in [2.45, 2.75) is 19.4 Å². The normalized spacial score (nSPS) is 15.8. The highest BCUT2D eigenvalue weighted by Crippen LogP contribution is 2.18. The van der Waals surface area contributed by atoms with Gasteiger partial charge in [0.25, 0.3) is 0 Å². The van der Waals surface area contributed by atoms with Crippen LogP contribution in [-0.4, -0.2) is 42.1 Å². The number of nitrogens with one attached hydrogen (secondary N) is 1. The molecule has 2 heterocycles. The maximum atomic E-state index is 13.1. The molecule has 1 aliphatic rings. The van der Waals surface area contributed by atoms with Crippen molar-refractivity contribution in [3.05, 3.63) is 60.2 Å². The molecule has 25 heavy (non-hydrogen) atoms. The van der Waals surface area contributed by atoms with E-state index in [2.05, 4.69) is 15.2 Å². The number of carbonyl (C=O) groups is 1. The fourth-order valence-corrected chi connectivity index (χ4v) is 3.07. The maximum absolute atomic E-state index is 13.1. The van der Waals surface area contributed by atoms with Crippen LogP contribution in [0.4, 0.5) is 14.9 Å². The Morgan fingerprint density at radius 1 is 1.20 bits per heavy atom. The first kappa shape index (κ1) is 17.2. The van der Waals surface area contributed by atoms with Crippen molar-refractivity contribution in [2.24, 2.45) is 0 Å². The van der Waals surface area contributed by atoms with Crippen molar-refractivity contribution in [1.29, 1.82) is 0 Å². The summed E-state index contributed by atoms with van der Waals surface area (Å²) in [6.07, 6.45) is 4.36. The Labute approximate surface area is 147 Å². The summed E-state index contributed by atoms with van der Waals surface area (Å²) in [5, 5.41) is 3.06.